The number of benzene rings is 1. The van der Waals surface area contributed by atoms with Gasteiger partial charge in [0, 0.05) is 12.1 Å². The number of methoxy groups -OCH3 is 1. The van der Waals surface area contributed by atoms with E-state index in [1.165, 1.54) is 36.8 Å². The van der Waals surface area contributed by atoms with Gasteiger partial charge in [0.15, 0.2) is 0 Å². The van der Waals surface area contributed by atoms with E-state index >= 15 is 0 Å². The highest BCUT2D eigenvalue weighted by atomic mass is 16.5. The van der Waals surface area contributed by atoms with Crippen LogP contribution in [-0.2, 0) is 25.7 Å². The zero-order valence-corrected chi connectivity index (χ0v) is 18.9. The van der Waals surface area contributed by atoms with Crippen LogP contribution in [0, 0.1) is 5.92 Å². The summed E-state index contributed by atoms with van der Waals surface area (Å²) in [7, 11) is 1.76. The first-order valence-electron chi connectivity index (χ1n) is 11.5. The van der Waals surface area contributed by atoms with Crippen LogP contribution in [0.1, 0.15) is 75.9 Å². The van der Waals surface area contributed by atoms with E-state index in [1.807, 2.05) is 0 Å². The third kappa shape index (κ3) is 4.73. The number of fused-ring (bicyclic) bond motifs is 1. The maximum Gasteiger partial charge on any atom is 0.148 e. The Hall–Kier alpha value is -2.10. The maximum absolute atomic E-state index is 5.79. The summed E-state index contributed by atoms with van der Waals surface area (Å²) in [5.41, 5.74) is 7.06. The Morgan fingerprint density at radius 3 is 2.17 bits per heavy atom. The van der Waals surface area contributed by atoms with Crippen molar-refractivity contribution in [2.45, 2.75) is 79.1 Å². The number of ether oxygens (including phenoxy) is 1. The first kappa shape index (κ1) is 21.6. The lowest BCUT2D eigenvalue weighted by Crippen LogP contribution is -2.16. The standard InChI is InChI=1S/C25H37N3O/c1-6-17(7-2)16-26-25-22(9-4)27-24(21(8-3)28-25)20-14-18-12-10-11-13-19(18)15-23(20)29-5/h14-15,17H,6-13,16H2,1-5H3,(H,26,28). The zero-order valence-electron chi connectivity index (χ0n) is 18.9. The molecule has 0 unspecified atom stereocenters. The number of aromatic nitrogens is 2. The van der Waals surface area contributed by atoms with E-state index in [9.17, 15) is 0 Å². The molecule has 2 aromatic rings. The molecular weight excluding hydrogens is 358 g/mol. The van der Waals surface area contributed by atoms with Crippen molar-refractivity contribution in [1.82, 2.24) is 9.97 Å². The Labute approximate surface area is 176 Å². The minimum Gasteiger partial charge on any atom is -0.496 e. The molecule has 0 saturated heterocycles. The van der Waals surface area contributed by atoms with Crippen LogP contribution in [0.5, 0.6) is 5.75 Å². The van der Waals surface area contributed by atoms with Gasteiger partial charge in [-0.25, -0.2) is 9.97 Å². The predicted molar refractivity (Wildman–Crippen MR) is 122 cm³/mol. The van der Waals surface area contributed by atoms with Gasteiger partial charge in [-0.3, -0.25) is 0 Å². The lowest BCUT2D eigenvalue weighted by Gasteiger charge is -2.21. The number of anilines is 1. The summed E-state index contributed by atoms with van der Waals surface area (Å²) in [4.78, 5) is 10.2. The number of nitrogens with one attached hydrogen (secondary N) is 1. The van der Waals surface area contributed by atoms with Gasteiger partial charge in [0.25, 0.3) is 0 Å². The number of hydrogen-bond donors (Lipinski definition) is 1. The van der Waals surface area contributed by atoms with Gasteiger partial charge in [-0.1, -0.05) is 40.5 Å². The normalized spacial score (nSPS) is 13.4. The second-order valence-corrected chi connectivity index (χ2v) is 8.11. The van der Waals surface area contributed by atoms with Crippen LogP contribution in [0.15, 0.2) is 12.1 Å². The van der Waals surface area contributed by atoms with Crippen molar-refractivity contribution < 1.29 is 4.74 Å². The summed E-state index contributed by atoms with van der Waals surface area (Å²) in [5.74, 6) is 2.55. The summed E-state index contributed by atoms with van der Waals surface area (Å²) < 4.78 is 5.79. The predicted octanol–water partition coefficient (Wildman–Crippen LogP) is 6.00. The van der Waals surface area contributed by atoms with E-state index in [1.54, 1.807) is 7.11 Å². The smallest absolute Gasteiger partial charge is 0.148 e. The molecule has 0 bridgehead atoms. The fourth-order valence-corrected chi connectivity index (χ4v) is 4.29. The first-order valence-corrected chi connectivity index (χ1v) is 11.5. The fourth-order valence-electron chi connectivity index (χ4n) is 4.29. The summed E-state index contributed by atoms with van der Waals surface area (Å²) >= 11 is 0. The topological polar surface area (TPSA) is 47.0 Å². The molecule has 3 rings (SSSR count). The van der Waals surface area contributed by atoms with Gasteiger partial charge < -0.3 is 10.1 Å². The highest BCUT2D eigenvalue weighted by molar-refractivity contribution is 5.72. The summed E-state index contributed by atoms with van der Waals surface area (Å²) in [6, 6.07) is 4.54. The number of hydrogen-bond acceptors (Lipinski definition) is 4. The van der Waals surface area contributed by atoms with Gasteiger partial charge in [0.2, 0.25) is 0 Å². The molecule has 0 aliphatic heterocycles. The van der Waals surface area contributed by atoms with E-state index in [4.69, 9.17) is 14.7 Å². The molecule has 0 fully saturated rings. The highest BCUT2D eigenvalue weighted by Gasteiger charge is 2.20. The van der Waals surface area contributed by atoms with Crippen molar-refractivity contribution in [1.29, 1.82) is 0 Å². The van der Waals surface area contributed by atoms with E-state index in [2.05, 4.69) is 45.1 Å². The first-order chi connectivity index (χ1) is 14.1. The minimum atomic E-state index is 0.673. The summed E-state index contributed by atoms with van der Waals surface area (Å²) in [6.07, 6.45) is 8.92. The van der Waals surface area contributed by atoms with Gasteiger partial charge in [-0.2, -0.15) is 0 Å². The van der Waals surface area contributed by atoms with Crippen LogP contribution in [0.25, 0.3) is 11.3 Å². The molecule has 0 radical (unpaired) electrons. The lowest BCUT2D eigenvalue weighted by molar-refractivity contribution is 0.415. The molecule has 158 valence electrons. The van der Waals surface area contributed by atoms with Crippen molar-refractivity contribution in [3.8, 4) is 17.0 Å². The van der Waals surface area contributed by atoms with E-state index in [0.717, 1.165) is 66.4 Å². The van der Waals surface area contributed by atoms with E-state index in [0.29, 0.717) is 5.92 Å². The fraction of sp³-hybridized carbons (Fsp3) is 0.600. The van der Waals surface area contributed by atoms with Gasteiger partial charge in [-0.05, 0) is 67.7 Å². The Bertz CT molecular complexity index is 827. The number of nitrogens with zero attached hydrogens (tertiary/aromatic N) is 2. The molecule has 1 aromatic heterocycles. The Balaban J connectivity index is 2.03. The molecule has 4 heteroatoms. The summed E-state index contributed by atoms with van der Waals surface area (Å²) in [5, 5.41) is 3.59. The molecule has 0 spiro atoms. The van der Waals surface area contributed by atoms with Crippen LogP contribution in [0.4, 0.5) is 5.82 Å². The molecular formula is C25H37N3O. The highest BCUT2D eigenvalue weighted by Crippen LogP contribution is 2.37. The van der Waals surface area contributed by atoms with Crippen LogP contribution >= 0.6 is 0 Å². The third-order valence-corrected chi connectivity index (χ3v) is 6.34. The molecule has 0 amide bonds. The molecule has 1 aliphatic carbocycles. The van der Waals surface area contributed by atoms with Crippen LogP contribution in [0.3, 0.4) is 0 Å². The van der Waals surface area contributed by atoms with Gasteiger partial charge in [0.05, 0.1) is 24.2 Å². The average Bonchev–Trinajstić information content (AvgIpc) is 2.78. The SMILES string of the molecule is CCc1nc(-c2cc3c(cc2OC)CCCC3)c(CC)nc1NCC(CC)CC. The number of aryl methyl sites for hydroxylation is 4. The molecule has 1 N–H and O–H groups in total. The summed E-state index contributed by atoms with van der Waals surface area (Å²) in [6.45, 7) is 9.79. The van der Waals surface area contributed by atoms with Crippen LogP contribution in [0.2, 0.25) is 0 Å². The van der Waals surface area contributed by atoms with Gasteiger partial charge in [0.1, 0.15) is 11.6 Å². The van der Waals surface area contributed by atoms with Crippen molar-refractivity contribution in [3.63, 3.8) is 0 Å². The monoisotopic (exact) mass is 395 g/mol. The Morgan fingerprint density at radius 2 is 1.59 bits per heavy atom. The molecule has 1 heterocycles. The Kier molecular flexibility index (Phi) is 7.51. The zero-order chi connectivity index (χ0) is 20.8. The average molecular weight is 396 g/mol. The van der Waals surface area contributed by atoms with Crippen molar-refractivity contribution >= 4 is 5.82 Å². The quantitative estimate of drug-likeness (QED) is 0.565. The van der Waals surface area contributed by atoms with Gasteiger partial charge in [-0.15, -0.1) is 0 Å². The second kappa shape index (κ2) is 10.1. The second-order valence-electron chi connectivity index (χ2n) is 8.11. The largest absolute Gasteiger partial charge is 0.496 e. The van der Waals surface area contributed by atoms with Crippen LogP contribution < -0.4 is 10.1 Å². The molecule has 0 atom stereocenters. The van der Waals surface area contributed by atoms with E-state index in [-0.39, 0.29) is 0 Å². The molecule has 1 aromatic carbocycles. The molecule has 4 nitrogen and oxygen atoms in total. The molecule has 0 saturated carbocycles. The minimum absolute atomic E-state index is 0.673. The Morgan fingerprint density at radius 1 is 0.931 bits per heavy atom. The van der Waals surface area contributed by atoms with Crippen LogP contribution in [-0.4, -0.2) is 23.6 Å². The van der Waals surface area contributed by atoms with Gasteiger partial charge >= 0.3 is 0 Å². The van der Waals surface area contributed by atoms with Crippen molar-refractivity contribution in [2.75, 3.05) is 19.0 Å². The third-order valence-electron chi connectivity index (χ3n) is 6.34. The molecule has 29 heavy (non-hydrogen) atoms. The van der Waals surface area contributed by atoms with Crippen molar-refractivity contribution in [3.05, 3.63) is 34.6 Å². The number of rotatable bonds is 9. The van der Waals surface area contributed by atoms with E-state index < -0.39 is 0 Å². The molecule has 1 aliphatic rings. The maximum atomic E-state index is 5.79. The van der Waals surface area contributed by atoms with Crippen molar-refractivity contribution in [2.24, 2.45) is 5.92 Å². The lowest BCUT2D eigenvalue weighted by atomic mass is 9.89.